The Kier molecular flexibility index (Phi) is 2.75. The van der Waals surface area contributed by atoms with Crippen molar-refractivity contribution in [3.63, 3.8) is 0 Å². The zero-order valence-corrected chi connectivity index (χ0v) is 9.25. The minimum Gasteiger partial charge on any atom is -0.480 e. The Morgan fingerprint density at radius 3 is 2.65 bits per heavy atom. The van der Waals surface area contributed by atoms with E-state index in [-0.39, 0.29) is 22.6 Å². The van der Waals surface area contributed by atoms with E-state index in [4.69, 9.17) is 4.74 Å². The molecule has 0 atom stereocenters. The van der Waals surface area contributed by atoms with Crippen LogP contribution in [0.15, 0.2) is 18.3 Å². The van der Waals surface area contributed by atoms with Gasteiger partial charge in [0, 0.05) is 17.1 Å². The molecule has 0 N–H and O–H groups in total. The molecule has 17 heavy (non-hydrogen) atoms. The standard InChI is InChI=1S/C12H9F2NO2/c1-6(16)8-5-15-12(17-2)10-7(8)3-4-9(13)11(10)14/h3-5H,1-2H3. The van der Waals surface area contributed by atoms with Gasteiger partial charge in [-0.3, -0.25) is 4.79 Å². The maximum Gasteiger partial charge on any atom is 0.224 e. The molecule has 1 aromatic carbocycles. The first-order valence-electron chi connectivity index (χ1n) is 4.88. The highest BCUT2D eigenvalue weighted by Crippen LogP contribution is 2.30. The second-order valence-corrected chi connectivity index (χ2v) is 3.52. The number of Topliss-reactive ketones (excluding diaryl/α,β-unsaturated/α-hetero) is 1. The van der Waals surface area contributed by atoms with E-state index >= 15 is 0 Å². The van der Waals surface area contributed by atoms with Crippen molar-refractivity contribution in [3.8, 4) is 5.88 Å². The van der Waals surface area contributed by atoms with Crippen molar-refractivity contribution in [3.05, 3.63) is 35.5 Å². The van der Waals surface area contributed by atoms with Gasteiger partial charge in [0.1, 0.15) is 0 Å². The molecule has 2 aromatic rings. The number of ether oxygens (including phenoxy) is 1. The molecule has 2 rings (SSSR count). The third-order valence-electron chi connectivity index (χ3n) is 2.48. The Morgan fingerprint density at radius 1 is 1.35 bits per heavy atom. The number of halogens is 2. The number of ketones is 1. The Balaban J connectivity index is 2.95. The summed E-state index contributed by atoms with van der Waals surface area (Å²) in [5, 5.41) is 0.184. The fourth-order valence-corrected chi connectivity index (χ4v) is 1.68. The highest BCUT2D eigenvalue weighted by atomic mass is 19.2. The molecule has 0 fully saturated rings. The largest absolute Gasteiger partial charge is 0.480 e. The van der Waals surface area contributed by atoms with Crippen molar-refractivity contribution in [2.45, 2.75) is 6.92 Å². The molecular weight excluding hydrogens is 228 g/mol. The monoisotopic (exact) mass is 237 g/mol. The van der Waals surface area contributed by atoms with Gasteiger partial charge < -0.3 is 4.74 Å². The van der Waals surface area contributed by atoms with Crippen LogP contribution in [0.4, 0.5) is 8.78 Å². The smallest absolute Gasteiger partial charge is 0.224 e. The van der Waals surface area contributed by atoms with E-state index in [9.17, 15) is 13.6 Å². The molecule has 5 heteroatoms. The molecule has 0 saturated carbocycles. The Bertz CT molecular complexity index is 611. The number of nitrogens with zero attached hydrogens (tertiary/aromatic N) is 1. The van der Waals surface area contributed by atoms with Gasteiger partial charge in [0.05, 0.1) is 12.5 Å². The second kappa shape index (κ2) is 4.08. The van der Waals surface area contributed by atoms with E-state index in [0.29, 0.717) is 5.39 Å². The molecule has 0 aliphatic carbocycles. The lowest BCUT2D eigenvalue weighted by atomic mass is 10.0. The lowest BCUT2D eigenvalue weighted by molar-refractivity contribution is 0.101. The number of fused-ring (bicyclic) bond motifs is 1. The number of benzene rings is 1. The Hall–Kier alpha value is -2.04. The average Bonchev–Trinajstić information content (AvgIpc) is 2.32. The van der Waals surface area contributed by atoms with Crippen molar-refractivity contribution in [1.29, 1.82) is 0 Å². The van der Waals surface area contributed by atoms with Gasteiger partial charge in [-0.25, -0.2) is 13.8 Å². The first kappa shape index (κ1) is 11.4. The molecule has 3 nitrogen and oxygen atoms in total. The van der Waals surface area contributed by atoms with E-state index in [0.717, 1.165) is 6.07 Å². The molecule has 1 heterocycles. The molecule has 0 radical (unpaired) electrons. The molecule has 88 valence electrons. The summed E-state index contributed by atoms with van der Waals surface area (Å²) in [6, 6.07) is 2.32. The fraction of sp³-hybridized carbons (Fsp3) is 0.167. The summed E-state index contributed by atoms with van der Waals surface area (Å²) in [5.74, 6) is -2.37. The molecule has 0 aliphatic rings. The maximum absolute atomic E-state index is 13.7. The number of pyridine rings is 1. The van der Waals surface area contributed by atoms with Gasteiger partial charge in [0.2, 0.25) is 5.88 Å². The summed E-state index contributed by atoms with van der Waals surface area (Å²) in [6.07, 6.45) is 1.29. The number of aromatic nitrogens is 1. The highest BCUT2D eigenvalue weighted by Gasteiger charge is 2.17. The normalized spacial score (nSPS) is 10.6. The molecule has 0 spiro atoms. The fourth-order valence-electron chi connectivity index (χ4n) is 1.68. The van der Waals surface area contributed by atoms with Crippen molar-refractivity contribution >= 4 is 16.6 Å². The van der Waals surface area contributed by atoms with Gasteiger partial charge in [0.25, 0.3) is 0 Å². The summed E-state index contributed by atoms with van der Waals surface area (Å²) in [7, 11) is 1.31. The summed E-state index contributed by atoms with van der Waals surface area (Å²) in [6.45, 7) is 1.34. The van der Waals surface area contributed by atoms with Crippen LogP contribution in [-0.4, -0.2) is 17.9 Å². The van der Waals surface area contributed by atoms with Crippen LogP contribution in [0.3, 0.4) is 0 Å². The molecular formula is C12H9F2NO2. The van der Waals surface area contributed by atoms with E-state index < -0.39 is 11.6 Å². The summed E-state index contributed by atoms with van der Waals surface area (Å²) < 4.78 is 31.7. The number of rotatable bonds is 2. The topological polar surface area (TPSA) is 39.2 Å². The number of hydrogen-bond donors (Lipinski definition) is 0. The maximum atomic E-state index is 13.7. The third kappa shape index (κ3) is 1.73. The van der Waals surface area contributed by atoms with Crippen LogP contribution in [0, 0.1) is 11.6 Å². The molecule has 0 bridgehead atoms. The molecule has 1 aromatic heterocycles. The predicted molar refractivity (Wildman–Crippen MR) is 58.2 cm³/mol. The Morgan fingerprint density at radius 2 is 2.06 bits per heavy atom. The van der Waals surface area contributed by atoms with Crippen molar-refractivity contribution in [2.24, 2.45) is 0 Å². The third-order valence-corrected chi connectivity index (χ3v) is 2.48. The van der Waals surface area contributed by atoms with Gasteiger partial charge in [-0.15, -0.1) is 0 Å². The van der Waals surface area contributed by atoms with Gasteiger partial charge >= 0.3 is 0 Å². The van der Waals surface area contributed by atoms with Gasteiger partial charge in [-0.2, -0.15) is 0 Å². The van der Waals surface area contributed by atoms with Gasteiger partial charge in [0.15, 0.2) is 17.4 Å². The van der Waals surface area contributed by atoms with Crippen LogP contribution in [0.5, 0.6) is 5.88 Å². The van der Waals surface area contributed by atoms with E-state index in [1.165, 1.54) is 26.3 Å². The van der Waals surface area contributed by atoms with Crippen LogP contribution in [0.25, 0.3) is 10.8 Å². The SMILES string of the molecule is COc1ncc(C(C)=O)c2ccc(F)c(F)c12. The minimum atomic E-state index is -1.06. The lowest BCUT2D eigenvalue weighted by Gasteiger charge is -2.08. The summed E-state index contributed by atoms with van der Waals surface area (Å²) >= 11 is 0. The molecule has 0 unspecified atom stereocenters. The average molecular weight is 237 g/mol. The van der Waals surface area contributed by atoms with Crippen molar-refractivity contribution in [2.75, 3.05) is 7.11 Å². The van der Waals surface area contributed by atoms with Crippen molar-refractivity contribution < 1.29 is 18.3 Å². The summed E-state index contributed by atoms with van der Waals surface area (Å²) in [4.78, 5) is 15.2. The van der Waals surface area contributed by atoms with Crippen LogP contribution in [0.1, 0.15) is 17.3 Å². The summed E-state index contributed by atoms with van der Waals surface area (Å²) in [5.41, 5.74) is 0.236. The number of carbonyl (C=O) groups excluding carboxylic acids is 1. The zero-order chi connectivity index (χ0) is 12.6. The zero-order valence-electron chi connectivity index (χ0n) is 9.25. The number of carbonyl (C=O) groups is 1. The van der Waals surface area contributed by atoms with E-state index in [1.54, 1.807) is 0 Å². The molecule has 0 amide bonds. The quantitative estimate of drug-likeness (QED) is 0.754. The second-order valence-electron chi connectivity index (χ2n) is 3.52. The first-order valence-corrected chi connectivity index (χ1v) is 4.88. The van der Waals surface area contributed by atoms with Gasteiger partial charge in [-0.05, 0) is 13.0 Å². The lowest BCUT2D eigenvalue weighted by Crippen LogP contribution is -2.00. The van der Waals surface area contributed by atoms with Crippen LogP contribution >= 0.6 is 0 Å². The van der Waals surface area contributed by atoms with Crippen molar-refractivity contribution in [1.82, 2.24) is 4.98 Å². The number of hydrogen-bond acceptors (Lipinski definition) is 3. The molecule has 0 aliphatic heterocycles. The van der Waals surface area contributed by atoms with E-state index in [1.807, 2.05) is 0 Å². The van der Waals surface area contributed by atoms with Crippen LogP contribution in [-0.2, 0) is 0 Å². The van der Waals surface area contributed by atoms with Crippen LogP contribution < -0.4 is 4.74 Å². The predicted octanol–water partition coefficient (Wildman–Crippen LogP) is 2.72. The minimum absolute atomic E-state index is 0.0398. The van der Waals surface area contributed by atoms with Crippen LogP contribution in [0.2, 0.25) is 0 Å². The number of methoxy groups -OCH3 is 1. The Labute approximate surface area is 96.0 Å². The van der Waals surface area contributed by atoms with E-state index in [2.05, 4.69) is 4.98 Å². The first-order chi connectivity index (χ1) is 8.06. The van der Waals surface area contributed by atoms with Gasteiger partial charge in [-0.1, -0.05) is 6.07 Å². The highest BCUT2D eigenvalue weighted by molar-refractivity contribution is 6.07. The molecule has 0 saturated heterocycles.